The summed E-state index contributed by atoms with van der Waals surface area (Å²) in [6.07, 6.45) is 0. The molecule has 0 spiro atoms. The highest BCUT2D eigenvalue weighted by molar-refractivity contribution is 7.92. The normalized spacial score (nSPS) is 15.2. The third kappa shape index (κ3) is 4.97. The van der Waals surface area contributed by atoms with Crippen LogP contribution in [0.25, 0.3) is 0 Å². The van der Waals surface area contributed by atoms with Crippen molar-refractivity contribution in [2.24, 2.45) is 0 Å². The lowest BCUT2D eigenvalue weighted by Gasteiger charge is -2.27. The monoisotopic (exact) mass is 416 g/mol. The molecular weight excluding hydrogens is 388 g/mol. The van der Waals surface area contributed by atoms with Crippen molar-refractivity contribution in [3.63, 3.8) is 0 Å². The molecule has 0 atom stereocenters. The molecule has 6 nitrogen and oxygen atoms in total. The minimum Gasteiger partial charge on any atom is -0.378 e. The zero-order valence-electron chi connectivity index (χ0n) is 17.4. The summed E-state index contributed by atoms with van der Waals surface area (Å²) in [5.41, 5.74) is 2.27. The van der Waals surface area contributed by atoms with Crippen LogP contribution in [0.5, 0.6) is 0 Å². The van der Waals surface area contributed by atoms with Crippen molar-refractivity contribution < 1.29 is 17.9 Å². The van der Waals surface area contributed by atoms with E-state index in [0.29, 0.717) is 43.1 Å². The van der Waals surface area contributed by atoms with Gasteiger partial charge in [0.25, 0.3) is 15.9 Å². The van der Waals surface area contributed by atoms with E-state index in [1.807, 2.05) is 32.9 Å². The zero-order valence-corrected chi connectivity index (χ0v) is 18.2. The Hall–Kier alpha value is -2.38. The molecule has 7 heteroatoms. The fraction of sp³-hybridized carbons (Fsp3) is 0.409. The molecule has 2 aromatic carbocycles. The largest absolute Gasteiger partial charge is 0.378 e. The molecule has 2 aromatic rings. The molecule has 0 saturated carbocycles. The first-order chi connectivity index (χ1) is 13.6. The SMILES string of the molecule is Cc1ccc(C(C)(C)C)cc1S(=O)(=O)Nc1cccc(C(=O)N2CCOCC2)c1. The molecule has 0 aliphatic carbocycles. The smallest absolute Gasteiger partial charge is 0.262 e. The number of rotatable bonds is 4. The van der Waals surface area contributed by atoms with Gasteiger partial charge >= 0.3 is 0 Å². The van der Waals surface area contributed by atoms with Crippen LogP contribution in [0.15, 0.2) is 47.4 Å². The van der Waals surface area contributed by atoms with Crippen molar-refractivity contribution in [3.05, 3.63) is 59.2 Å². The fourth-order valence-electron chi connectivity index (χ4n) is 3.23. The quantitative estimate of drug-likeness (QED) is 0.827. The van der Waals surface area contributed by atoms with E-state index in [1.165, 1.54) is 0 Å². The molecule has 1 heterocycles. The molecule has 29 heavy (non-hydrogen) atoms. The summed E-state index contributed by atoms with van der Waals surface area (Å²) in [7, 11) is -3.79. The Labute approximate surface area is 172 Å². The van der Waals surface area contributed by atoms with E-state index in [1.54, 1.807) is 42.2 Å². The number of hydrogen-bond donors (Lipinski definition) is 1. The first-order valence-electron chi connectivity index (χ1n) is 9.69. The molecule has 0 unspecified atom stereocenters. The third-order valence-electron chi connectivity index (χ3n) is 5.00. The maximum atomic E-state index is 13.1. The van der Waals surface area contributed by atoms with Gasteiger partial charge in [-0.3, -0.25) is 9.52 Å². The van der Waals surface area contributed by atoms with E-state index in [2.05, 4.69) is 4.72 Å². The van der Waals surface area contributed by atoms with Gasteiger partial charge < -0.3 is 9.64 Å². The number of sulfonamides is 1. The number of benzene rings is 2. The first-order valence-corrected chi connectivity index (χ1v) is 11.2. The summed E-state index contributed by atoms with van der Waals surface area (Å²) >= 11 is 0. The zero-order chi connectivity index (χ0) is 21.2. The minimum absolute atomic E-state index is 0.125. The van der Waals surface area contributed by atoms with Crippen LogP contribution in [0.4, 0.5) is 5.69 Å². The van der Waals surface area contributed by atoms with Gasteiger partial charge in [0.15, 0.2) is 0 Å². The van der Waals surface area contributed by atoms with E-state index in [9.17, 15) is 13.2 Å². The molecule has 1 aliphatic heterocycles. The van der Waals surface area contributed by atoms with Crippen LogP contribution in [0.1, 0.15) is 42.3 Å². The Morgan fingerprint density at radius 1 is 1.07 bits per heavy atom. The average molecular weight is 417 g/mol. The molecule has 1 saturated heterocycles. The number of aryl methyl sites for hydroxylation is 1. The topological polar surface area (TPSA) is 75.7 Å². The number of anilines is 1. The summed E-state index contributed by atoms with van der Waals surface area (Å²) in [6, 6.07) is 12.1. The minimum atomic E-state index is -3.79. The number of morpholine rings is 1. The van der Waals surface area contributed by atoms with Crippen LogP contribution in [0.3, 0.4) is 0 Å². The van der Waals surface area contributed by atoms with E-state index in [-0.39, 0.29) is 16.2 Å². The van der Waals surface area contributed by atoms with Crippen molar-refractivity contribution in [2.45, 2.75) is 38.0 Å². The molecule has 0 bridgehead atoms. The second-order valence-corrected chi connectivity index (χ2v) is 9.97. The Morgan fingerprint density at radius 2 is 1.76 bits per heavy atom. The highest BCUT2D eigenvalue weighted by Gasteiger charge is 2.23. The lowest BCUT2D eigenvalue weighted by atomic mass is 9.87. The van der Waals surface area contributed by atoms with Gasteiger partial charge in [-0.25, -0.2) is 8.42 Å². The van der Waals surface area contributed by atoms with Gasteiger partial charge in [-0.15, -0.1) is 0 Å². The van der Waals surface area contributed by atoms with Gasteiger partial charge in [-0.1, -0.05) is 39.0 Å². The summed E-state index contributed by atoms with van der Waals surface area (Å²) in [5.74, 6) is -0.125. The second-order valence-electron chi connectivity index (χ2n) is 8.32. The molecule has 1 aliphatic rings. The van der Waals surface area contributed by atoms with Crippen molar-refractivity contribution in [1.82, 2.24) is 4.90 Å². The molecule has 1 fully saturated rings. The molecular formula is C22H28N2O4S. The van der Waals surface area contributed by atoms with Crippen molar-refractivity contribution in [2.75, 3.05) is 31.0 Å². The standard InChI is InChI=1S/C22H28N2O4S/c1-16-8-9-18(22(2,3)4)15-20(16)29(26,27)23-19-7-5-6-17(14-19)21(25)24-10-12-28-13-11-24/h5-9,14-15,23H,10-13H2,1-4H3. The lowest BCUT2D eigenvalue weighted by Crippen LogP contribution is -2.40. The highest BCUT2D eigenvalue weighted by Crippen LogP contribution is 2.28. The summed E-state index contributed by atoms with van der Waals surface area (Å²) in [6.45, 7) is 10.0. The van der Waals surface area contributed by atoms with Crippen LogP contribution in [0.2, 0.25) is 0 Å². The van der Waals surface area contributed by atoms with Gasteiger partial charge in [0.1, 0.15) is 0 Å². The summed E-state index contributed by atoms with van der Waals surface area (Å²) < 4.78 is 34.0. The summed E-state index contributed by atoms with van der Waals surface area (Å²) in [4.78, 5) is 14.7. The Kier molecular flexibility index (Phi) is 6.00. The van der Waals surface area contributed by atoms with Gasteiger partial charge in [0.05, 0.1) is 18.1 Å². The Bertz CT molecular complexity index is 1000. The van der Waals surface area contributed by atoms with Crippen molar-refractivity contribution in [3.8, 4) is 0 Å². The van der Waals surface area contributed by atoms with Crippen LogP contribution in [-0.4, -0.2) is 45.5 Å². The Balaban J connectivity index is 1.87. The molecule has 0 radical (unpaired) electrons. The average Bonchev–Trinajstić information content (AvgIpc) is 2.67. The number of carbonyl (C=O) groups is 1. The highest BCUT2D eigenvalue weighted by atomic mass is 32.2. The second kappa shape index (κ2) is 8.16. The van der Waals surface area contributed by atoms with Crippen molar-refractivity contribution in [1.29, 1.82) is 0 Å². The predicted molar refractivity (Wildman–Crippen MR) is 114 cm³/mol. The number of nitrogens with zero attached hydrogens (tertiary/aromatic N) is 1. The number of amides is 1. The molecule has 1 amide bonds. The van der Waals surface area contributed by atoms with Gasteiger partial charge in [0, 0.05) is 24.3 Å². The molecule has 3 rings (SSSR count). The predicted octanol–water partition coefficient (Wildman–Crippen LogP) is 3.57. The van der Waals surface area contributed by atoms with E-state index in [0.717, 1.165) is 5.56 Å². The maximum absolute atomic E-state index is 13.1. The van der Waals surface area contributed by atoms with Gasteiger partial charge in [0.2, 0.25) is 0 Å². The molecule has 1 N–H and O–H groups in total. The van der Waals surface area contributed by atoms with E-state index in [4.69, 9.17) is 4.74 Å². The molecule has 0 aromatic heterocycles. The third-order valence-corrected chi connectivity index (χ3v) is 6.53. The number of carbonyl (C=O) groups excluding carboxylic acids is 1. The van der Waals surface area contributed by atoms with Crippen LogP contribution >= 0.6 is 0 Å². The van der Waals surface area contributed by atoms with Gasteiger partial charge in [-0.2, -0.15) is 0 Å². The first kappa shape index (κ1) is 21.3. The Morgan fingerprint density at radius 3 is 2.41 bits per heavy atom. The van der Waals surface area contributed by atoms with Crippen molar-refractivity contribution >= 4 is 21.6 Å². The lowest BCUT2D eigenvalue weighted by molar-refractivity contribution is 0.0303. The van der Waals surface area contributed by atoms with E-state index < -0.39 is 10.0 Å². The number of ether oxygens (including phenoxy) is 1. The molecule has 156 valence electrons. The number of nitrogens with one attached hydrogen (secondary N) is 1. The van der Waals surface area contributed by atoms with E-state index >= 15 is 0 Å². The van der Waals surface area contributed by atoms with Gasteiger partial charge in [-0.05, 0) is 47.7 Å². The fourth-order valence-corrected chi connectivity index (χ4v) is 4.55. The number of hydrogen-bond acceptors (Lipinski definition) is 4. The van der Waals surface area contributed by atoms with Crippen LogP contribution in [0, 0.1) is 6.92 Å². The van der Waals surface area contributed by atoms with Crippen LogP contribution in [-0.2, 0) is 20.2 Å². The maximum Gasteiger partial charge on any atom is 0.262 e. The van der Waals surface area contributed by atoms with Crippen LogP contribution < -0.4 is 4.72 Å². The summed E-state index contributed by atoms with van der Waals surface area (Å²) in [5, 5.41) is 0.